The minimum atomic E-state index is -0.330. The summed E-state index contributed by atoms with van der Waals surface area (Å²) in [6.45, 7) is 0.578. The van der Waals surface area contributed by atoms with E-state index in [0.29, 0.717) is 6.54 Å². The van der Waals surface area contributed by atoms with E-state index in [0.717, 1.165) is 10.5 Å². The molecule has 3 amide bonds. The fourth-order valence-corrected chi connectivity index (χ4v) is 1.52. The number of benzene rings is 1. The van der Waals surface area contributed by atoms with E-state index in [9.17, 15) is 9.59 Å². The highest BCUT2D eigenvalue weighted by Gasteiger charge is 2.32. The molecule has 0 aliphatic carbocycles. The van der Waals surface area contributed by atoms with E-state index in [4.69, 9.17) is 0 Å². The molecule has 0 atom stereocenters. The van der Waals surface area contributed by atoms with Crippen LogP contribution in [-0.4, -0.2) is 28.3 Å². The molecule has 1 aliphatic rings. The molecule has 15 heavy (non-hydrogen) atoms. The van der Waals surface area contributed by atoms with Gasteiger partial charge in [-0.1, -0.05) is 30.3 Å². The van der Waals surface area contributed by atoms with Crippen molar-refractivity contribution in [3.8, 4) is 0 Å². The normalized spacial score (nSPS) is 16.3. The zero-order chi connectivity index (χ0) is 10.8. The van der Waals surface area contributed by atoms with Gasteiger partial charge in [-0.15, -0.1) is 0 Å². The summed E-state index contributed by atoms with van der Waals surface area (Å²) in [5.41, 5.74) is 1.01. The molecule has 0 aromatic heterocycles. The highest BCUT2D eigenvalue weighted by Crippen LogP contribution is 2.12. The minimum absolute atomic E-state index is 0.122. The molecule has 1 saturated heterocycles. The van der Waals surface area contributed by atoms with Gasteiger partial charge in [0, 0.05) is 13.6 Å². The maximum atomic E-state index is 11.5. The fraction of sp³-hybridized carbons (Fsp3) is 0.182. The van der Waals surface area contributed by atoms with Gasteiger partial charge in [-0.25, -0.2) is 4.79 Å². The van der Waals surface area contributed by atoms with Gasteiger partial charge in [0.15, 0.2) is 0 Å². The van der Waals surface area contributed by atoms with Crippen LogP contribution in [0, 0.1) is 7.05 Å². The van der Waals surface area contributed by atoms with E-state index in [1.54, 1.807) is 0 Å². The van der Waals surface area contributed by atoms with Crippen LogP contribution in [0.3, 0.4) is 0 Å². The first-order valence-electron chi connectivity index (χ1n) is 4.65. The lowest BCUT2D eigenvalue weighted by atomic mass is 10.2. The predicted octanol–water partition coefficient (Wildman–Crippen LogP) is 1.24. The lowest BCUT2D eigenvalue weighted by Gasteiger charge is -2.14. The van der Waals surface area contributed by atoms with Crippen LogP contribution in [0.2, 0.25) is 0 Å². The molecule has 0 bridgehead atoms. The summed E-state index contributed by atoms with van der Waals surface area (Å²) in [4.78, 5) is 25.1. The number of carbonyl (C=O) groups is 2. The number of imide groups is 1. The zero-order valence-electron chi connectivity index (χ0n) is 8.22. The molecular weight excluding hydrogens is 192 g/mol. The molecule has 1 radical (unpaired) electrons. The highest BCUT2D eigenvalue weighted by atomic mass is 16.2. The number of amides is 3. The van der Waals surface area contributed by atoms with Gasteiger partial charge in [0.25, 0.3) is 0 Å². The Morgan fingerprint density at radius 2 is 1.87 bits per heavy atom. The second kappa shape index (κ2) is 3.73. The van der Waals surface area contributed by atoms with Crippen molar-refractivity contribution in [1.29, 1.82) is 0 Å². The lowest BCUT2D eigenvalue weighted by molar-refractivity contribution is -0.123. The summed E-state index contributed by atoms with van der Waals surface area (Å²) < 4.78 is 0. The minimum Gasteiger partial charge on any atom is -0.311 e. The van der Waals surface area contributed by atoms with Crippen LogP contribution in [0.5, 0.6) is 0 Å². The number of hydrogen-bond acceptors (Lipinski definition) is 2. The van der Waals surface area contributed by atoms with E-state index in [2.05, 4.69) is 7.05 Å². The molecular formula is C11H11N2O2. The summed E-state index contributed by atoms with van der Waals surface area (Å²) in [6.07, 6.45) is 0. The Morgan fingerprint density at radius 1 is 1.20 bits per heavy atom. The standard InChI is InChI=1S/C11H11N2O2/c1-12-10(14)8-13(11(12)15)7-9-5-3-2-4-6-9/h2-6H,1,7-8H2. The number of nitrogens with zero attached hydrogens (tertiary/aromatic N) is 2. The molecule has 1 fully saturated rings. The van der Waals surface area contributed by atoms with Gasteiger partial charge in [0.05, 0.1) is 0 Å². The van der Waals surface area contributed by atoms with Gasteiger partial charge in [-0.3, -0.25) is 9.69 Å². The van der Waals surface area contributed by atoms with E-state index >= 15 is 0 Å². The third-order valence-electron chi connectivity index (χ3n) is 2.34. The van der Waals surface area contributed by atoms with Crippen molar-refractivity contribution in [3.63, 3.8) is 0 Å². The van der Waals surface area contributed by atoms with Crippen LogP contribution in [-0.2, 0) is 11.3 Å². The van der Waals surface area contributed by atoms with Crippen LogP contribution in [0.1, 0.15) is 5.56 Å². The van der Waals surface area contributed by atoms with Crippen LogP contribution in [0.15, 0.2) is 30.3 Å². The number of hydrogen-bond donors (Lipinski definition) is 0. The van der Waals surface area contributed by atoms with Crippen molar-refractivity contribution in [2.45, 2.75) is 6.54 Å². The van der Waals surface area contributed by atoms with Gasteiger partial charge in [0.1, 0.15) is 6.54 Å². The fourth-order valence-electron chi connectivity index (χ4n) is 1.52. The summed E-state index contributed by atoms with van der Waals surface area (Å²) in [6, 6.07) is 9.23. The molecule has 1 aliphatic heterocycles. The smallest absolute Gasteiger partial charge is 0.311 e. The van der Waals surface area contributed by atoms with Crippen LogP contribution in [0.4, 0.5) is 4.79 Å². The first-order valence-corrected chi connectivity index (χ1v) is 4.65. The Labute approximate surface area is 88.1 Å². The summed E-state index contributed by atoms with van der Waals surface area (Å²) in [7, 11) is 3.38. The lowest BCUT2D eigenvalue weighted by Crippen LogP contribution is -2.28. The van der Waals surface area contributed by atoms with Crippen molar-refractivity contribution < 1.29 is 9.59 Å². The SMILES string of the molecule is [CH2]N1C(=O)CN(Cc2ccccc2)C1=O. The van der Waals surface area contributed by atoms with E-state index in [1.165, 1.54) is 4.90 Å². The molecule has 1 aromatic rings. The molecule has 0 N–H and O–H groups in total. The second-order valence-electron chi connectivity index (χ2n) is 3.45. The Kier molecular flexibility index (Phi) is 2.41. The molecule has 1 aromatic carbocycles. The third-order valence-corrected chi connectivity index (χ3v) is 2.34. The third kappa shape index (κ3) is 1.83. The average molecular weight is 203 g/mol. The van der Waals surface area contributed by atoms with Crippen molar-refractivity contribution in [2.24, 2.45) is 0 Å². The van der Waals surface area contributed by atoms with Crippen molar-refractivity contribution >= 4 is 11.9 Å². The average Bonchev–Trinajstić information content (AvgIpc) is 2.48. The maximum absolute atomic E-state index is 11.5. The summed E-state index contributed by atoms with van der Waals surface area (Å²) in [5.74, 6) is -0.254. The maximum Gasteiger partial charge on any atom is 0.327 e. The van der Waals surface area contributed by atoms with Crippen molar-refractivity contribution in [2.75, 3.05) is 6.54 Å². The highest BCUT2D eigenvalue weighted by molar-refractivity contribution is 6.02. The summed E-state index contributed by atoms with van der Waals surface area (Å²) >= 11 is 0. The molecule has 0 saturated carbocycles. The Hall–Kier alpha value is -1.84. The largest absolute Gasteiger partial charge is 0.327 e. The molecule has 0 spiro atoms. The Morgan fingerprint density at radius 3 is 2.40 bits per heavy atom. The molecule has 1 heterocycles. The van der Waals surface area contributed by atoms with Gasteiger partial charge in [-0.05, 0) is 5.56 Å². The van der Waals surface area contributed by atoms with Gasteiger partial charge >= 0.3 is 6.03 Å². The first kappa shape index (κ1) is 9.71. The van der Waals surface area contributed by atoms with Gasteiger partial charge in [-0.2, -0.15) is 0 Å². The van der Waals surface area contributed by atoms with E-state index < -0.39 is 0 Å². The van der Waals surface area contributed by atoms with Gasteiger partial charge in [0.2, 0.25) is 5.91 Å². The number of urea groups is 1. The second-order valence-corrected chi connectivity index (χ2v) is 3.45. The first-order chi connectivity index (χ1) is 7.18. The summed E-state index contributed by atoms with van der Waals surface area (Å²) in [5, 5.41) is 0. The van der Waals surface area contributed by atoms with Crippen LogP contribution < -0.4 is 0 Å². The van der Waals surface area contributed by atoms with Crippen LogP contribution in [0.25, 0.3) is 0 Å². The van der Waals surface area contributed by atoms with Crippen molar-refractivity contribution in [3.05, 3.63) is 42.9 Å². The molecule has 4 nitrogen and oxygen atoms in total. The van der Waals surface area contributed by atoms with E-state index in [-0.39, 0.29) is 18.5 Å². The predicted molar refractivity (Wildman–Crippen MR) is 54.5 cm³/mol. The zero-order valence-corrected chi connectivity index (χ0v) is 8.22. The van der Waals surface area contributed by atoms with Crippen molar-refractivity contribution in [1.82, 2.24) is 9.80 Å². The number of carbonyl (C=O) groups excluding carboxylic acids is 2. The Bertz CT molecular complexity index is 389. The number of rotatable bonds is 2. The molecule has 2 rings (SSSR count). The molecule has 77 valence electrons. The van der Waals surface area contributed by atoms with Crippen LogP contribution >= 0.6 is 0 Å². The molecule has 4 heteroatoms. The quantitative estimate of drug-likeness (QED) is 0.678. The Balaban J connectivity index is 2.09. The van der Waals surface area contributed by atoms with E-state index in [1.807, 2.05) is 30.3 Å². The molecule has 0 unspecified atom stereocenters. The monoisotopic (exact) mass is 203 g/mol. The van der Waals surface area contributed by atoms with Gasteiger partial charge < -0.3 is 4.90 Å². The topological polar surface area (TPSA) is 40.6 Å².